The van der Waals surface area contributed by atoms with Gasteiger partial charge in [0.05, 0.1) is 12.1 Å². The van der Waals surface area contributed by atoms with E-state index in [1.807, 2.05) is 0 Å². The fourth-order valence-corrected chi connectivity index (χ4v) is 1.67. The van der Waals surface area contributed by atoms with E-state index in [9.17, 15) is 13.3 Å². The topological polar surface area (TPSA) is 35.5 Å². The van der Waals surface area contributed by atoms with Crippen LogP contribution < -0.4 is 4.52 Å². The highest BCUT2D eigenvalue weighted by Crippen LogP contribution is 2.49. The van der Waals surface area contributed by atoms with Gasteiger partial charge >= 0.3 is 7.60 Å². The predicted octanol–water partition coefficient (Wildman–Crippen LogP) is 3.48. The normalized spacial score (nSPS) is 15.1. The zero-order valence-electron chi connectivity index (χ0n) is 7.89. The molecule has 0 radical (unpaired) electrons. The molecule has 0 aromatic heterocycles. The minimum absolute atomic E-state index is 0.0329. The van der Waals surface area contributed by atoms with Gasteiger partial charge in [-0.05, 0) is 12.1 Å². The molecule has 1 rings (SSSR count). The van der Waals surface area contributed by atoms with E-state index in [0.29, 0.717) is 5.82 Å². The maximum Gasteiger partial charge on any atom is 0.405 e. The second kappa shape index (κ2) is 5.05. The Bertz CT molecular complexity index is 406. The molecule has 0 aliphatic heterocycles. The summed E-state index contributed by atoms with van der Waals surface area (Å²) in [6.07, 6.45) is 0.0329. The molecule has 0 saturated carbocycles. The quantitative estimate of drug-likeness (QED) is 0.748. The Balaban J connectivity index is 2.94. The van der Waals surface area contributed by atoms with Crippen molar-refractivity contribution in [1.82, 2.24) is 0 Å². The molecule has 0 spiro atoms. The smallest absolute Gasteiger partial charge is 0.405 e. The van der Waals surface area contributed by atoms with Gasteiger partial charge in [0.1, 0.15) is 0 Å². The summed E-state index contributed by atoms with van der Waals surface area (Å²) >= 11 is 0. The standard InChI is InChI=1S/C9H9F2O3P/c1-13-15(12,7-6-10)14-9-5-3-2-4-8(9)11/h2-7H,1H3. The molecule has 0 amide bonds. The minimum Gasteiger partial charge on any atom is -0.418 e. The predicted molar refractivity (Wildman–Crippen MR) is 51.9 cm³/mol. The van der Waals surface area contributed by atoms with Crippen molar-refractivity contribution in [2.45, 2.75) is 0 Å². The van der Waals surface area contributed by atoms with Crippen molar-refractivity contribution in [2.75, 3.05) is 7.11 Å². The van der Waals surface area contributed by atoms with Gasteiger partial charge in [0, 0.05) is 7.11 Å². The van der Waals surface area contributed by atoms with E-state index in [1.54, 1.807) is 0 Å². The van der Waals surface area contributed by atoms with E-state index in [0.717, 1.165) is 13.2 Å². The average Bonchev–Trinajstić information content (AvgIpc) is 2.22. The van der Waals surface area contributed by atoms with Crippen LogP contribution in [-0.4, -0.2) is 7.11 Å². The Morgan fingerprint density at radius 2 is 2.07 bits per heavy atom. The maximum absolute atomic E-state index is 13.1. The lowest BCUT2D eigenvalue weighted by atomic mass is 10.3. The van der Waals surface area contributed by atoms with Gasteiger partial charge in [-0.3, -0.25) is 4.52 Å². The summed E-state index contributed by atoms with van der Waals surface area (Å²) in [5.41, 5.74) is 0. The Labute approximate surface area is 85.9 Å². The molecule has 82 valence electrons. The van der Waals surface area contributed by atoms with Gasteiger partial charge in [-0.1, -0.05) is 12.1 Å². The molecule has 0 aliphatic carbocycles. The highest BCUT2D eigenvalue weighted by atomic mass is 31.2. The lowest BCUT2D eigenvalue weighted by Gasteiger charge is -2.13. The highest BCUT2D eigenvalue weighted by molar-refractivity contribution is 7.57. The molecule has 1 atom stereocenters. The zero-order chi connectivity index (χ0) is 11.3. The molecule has 0 N–H and O–H groups in total. The monoisotopic (exact) mass is 234 g/mol. The van der Waals surface area contributed by atoms with Crippen molar-refractivity contribution in [3.8, 4) is 5.75 Å². The summed E-state index contributed by atoms with van der Waals surface area (Å²) in [5.74, 6) is -0.331. The van der Waals surface area contributed by atoms with Crippen molar-refractivity contribution < 1.29 is 22.4 Å². The minimum atomic E-state index is -3.74. The lowest BCUT2D eigenvalue weighted by molar-refractivity contribution is 0.326. The summed E-state index contributed by atoms with van der Waals surface area (Å²) < 4.78 is 45.7. The average molecular weight is 234 g/mol. The highest BCUT2D eigenvalue weighted by Gasteiger charge is 2.22. The molecule has 1 unspecified atom stereocenters. The molecule has 0 bridgehead atoms. The van der Waals surface area contributed by atoms with Crippen molar-refractivity contribution in [3.63, 3.8) is 0 Å². The maximum atomic E-state index is 13.1. The van der Waals surface area contributed by atoms with Crippen LogP contribution in [0.1, 0.15) is 0 Å². The number of benzene rings is 1. The van der Waals surface area contributed by atoms with Gasteiger partial charge in [-0.25, -0.2) is 13.3 Å². The first kappa shape index (κ1) is 11.9. The molecule has 15 heavy (non-hydrogen) atoms. The van der Waals surface area contributed by atoms with Crippen LogP contribution in [0.4, 0.5) is 8.78 Å². The van der Waals surface area contributed by atoms with Gasteiger partial charge in [0.15, 0.2) is 11.6 Å². The van der Waals surface area contributed by atoms with Crippen molar-refractivity contribution in [3.05, 3.63) is 42.2 Å². The van der Waals surface area contributed by atoms with Crippen LogP contribution in [-0.2, 0) is 9.09 Å². The largest absolute Gasteiger partial charge is 0.418 e. The van der Waals surface area contributed by atoms with E-state index in [4.69, 9.17) is 4.52 Å². The van der Waals surface area contributed by atoms with E-state index in [1.165, 1.54) is 18.2 Å². The first-order chi connectivity index (χ1) is 7.11. The van der Waals surface area contributed by atoms with Gasteiger partial charge < -0.3 is 4.52 Å². The molecule has 1 aromatic rings. The van der Waals surface area contributed by atoms with Crippen LogP contribution in [0.3, 0.4) is 0 Å². The summed E-state index contributed by atoms with van der Waals surface area (Å²) in [6, 6.07) is 5.35. The second-order valence-corrected chi connectivity index (χ2v) is 4.44. The number of halogens is 2. The van der Waals surface area contributed by atoms with Gasteiger partial charge in [0.25, 0.3) is 0 Å². The fourth-order valence-electron chi connectivity index (χ4n) is 0.853. The number of rotatable bonds is 4. The Hall–Kier alpha value is -1.19. The fraction of sp³-hybridized carbons (Fsp3) is 0.111. The third kappa shape index (κ3) is 3.15. The number of para-hydroxylation sites is 1. The third-order valence-electron chi connectivity index (χ3n) is 1.56. The number of hydrogen-bond donors (Lipinski definition) is 0. The van der Waals surface area contributed by atoms with Crippen molar-refractivity contribution in [1.29, 1.82) is 0 Å². The zero-order valence-corrected chi connectivity index (χ0v) is 8.79. The van der Waals surface area contributed by atoms with E-state index >= 15 is 0 Å². The van der Waals surface area contributed by atoms with E-state index < -0.39 is 13.4 Å². The van der Waals surface area contributed by atoms with E-state index in [2.05, 4.69) is 4.52 Å². The molecule has 1 aromatic carbocycles. The van der Waals surface area contributed by atoms with Gasteiger partial charge in [-0.2, -0.15) is 0 Å². The molecule has 0 saturated heterocycles. The lowest BCUT2D eigenvalue weighted by Crippen LogP contribution is -1.94. The summed E-state index contributed by atoms with van der Waals surface area (Å²) in [6.45, 7) is 0. The van der Waals surface area contributed by atoms with Crippen LogP contribution in [0, 0.1) is 5.82 Å². The molecular weight excluding hydrogens is 225 g/mol. The Morgan fingerprint density at radius 3 is 2.60 bits per heavy atom. The molecular formula is C9H9F2O3P. The first-order valence-corrected chi connectivity index (χ1v) is 5.60. The van der Waals surface area contributed by atoms with Crippen LogP contribution in [0.25, 0.3) is 0 Å². The summed E-state index contributed by atoms with van der Waals surface area (Å²) in [4.78, 5) is 0. The Morgan fingerprint density at radius 1 is 1.40 bits per heavy atom. The Kier molecular flexibility index (Phi) is 4.00. The first-order valence-electron chi connectivity index (χ1n) is 3.99. The molecule has 0 aliphatic rings. The third-order valence-corrected chi connectivity index (χ3v) is 2.99. The molecule has 0 heterocycles. The van der Waals surface area contributed by atoms with Crippen molar-refractivity contribution >= 4 is 7.60 Å². The molecule has 0 fully saturated rings. The molecule has 3 nitrogen and oxygen atoms in total. The van der Waals surface area contributed by atoms with Crippen LogP contribution in [0.15, 0.2) is 36.4 Å². The second-order valence-electron chi connectivity index (χ2n) is 2.52. The summed E-state index contributed by atoms with van der Waals surface area (Å²) in [5, 5.41) is 0. The SMILES string of the molecule is COP(=O)(C=CF)Oc1ccccc1F. The van der Waals surface area contributed by atoms with E-state index in [-0.39, 0.29) is 12.1 Å². The van der Waals surface area contributed by atoms with Crippen LogP contribution in [0.2, 0.25) is 0 Å². The van der Waals surface area contributed by atoms with Gasteiger partial charge in [-0.15, -0.1) is 0 Å². The van der Waals surface area contributed by atoms with Gasteiger partial charge in [0.2, 0.25) is 0 Å². The molecule has 6 heteroatoms. The summed E-state index contributed by atoms with van der Waals surface area (Å²) in [7, 11) is -2.66. The number of hydrogen-bond acceptors (Lipinski definition) is 3. The van der Waals surface area contributed by atoms with Crippen molar-refractivity contribution in [2.24, 2.45) is 0 Å². The van der Waals surface area contributed by atoms with Crippen LogP contribution >= 0.6 is 7.60 Å². The van der Waals surface area contributed by atoms with Crippen LogP contribution in [0.5, 0.6) is 5.75 Å².